The Morgan fingerprint density at radius 2 is 2.17 bits per heavy atom. The van der Waals surface area contributed by atoms with Crippen LogP contribution in [0.2, 0.25) is 0 Å². The van der Waals surface area contributed by atoms with Crippen molar-refractivity contribution in [1.29, 1.82) is 0 Å². The fourth-order valence-corrected chi connectivity index (χ4v) is 2.58. The summed E-state index contributed by atoms with van der Waals surface area (Å²) in [6.45, 7) is 3.77. The highest BCUT2D eigenvalue weighted by atomic mass is 35.5. The molecule has 0 spiro atoms. The molecule has 1 aliphatic rings. The second-order valence-corrected chi connectivity index (χ2v) is 5.56. The molecule has 0 aromatic heterocycles. The standard InChI is InChI=1S/C13H24ClNO3/c1-4-18-12-5-10(6-12)7-13(16)15(2)8-11(14)9-17-3/h10-12H,4-9H2,1-3H3. The first-order valence-corrected chi connectivity index (χ1v) is 6.99. The van der Waals surface area contributed by atoms with E-state index in [4.69, 9.17) is 21.1 Å². The zero-order chi connectivity index (χ0) is 13.5. The first kappa shape index (κ1) is 15.7. The average molecular weight is 278 g/mol. The third kappa shape index (κ3) is 5.12. The van der Waals surface area contributed by atoms with Crippen molar-refractivity contribution in [3.05, 3.63) is 0 Å². The molecule has 1 aliphatic carbocycles. The molecule has 0 aliphatic heterocycles. The molecule has 0 heterocycles. The monoisotopic (exact) mass is 277 g/mol. The van der Waals surface area contributed by atoms with Crippen molar-refractivity contribution in [1.82, 2.24) is 4.90 Å². The van der Waals surface area contributed by atoms with Crippen LogP contribution >= 0.6 is 11.6 Å². The minimum absolute atomic E-state index is 0.137. The van der Waals surface area contributed by atoms with Crippen LogP contribution in [0.25, 0.3) is 0 Å². The fraction of sp³-hybridized carbons (Fsp3) is 0.923. The van der Waals surface area contributed by atoms with Gasteiger partial charge in [-0.05, 0) is 25.7 Å². The van der Waals surface area contributed by atoms with Gasteiger partial charge in [0.15, 0.2) is 0 Å². The van der Waals surface area contributed by atoms with E-state index in [0.717, 1.165) is 19.4 Å². The lowest BCUT2D eigenvalue weighted by Gasteiger charge is -2.35. The Labute approximate surface area is 115 Å². The van der Waals surface area contributed by atoms with Crippen molar-refractivity contribution in [2.24, 2.45) is 5.92 Å². The highest BCUT2D eigenvalue weighted by Crippen LogP contribution is 2.33. The van der Waals surface area contributed by atoms with Gasteiger partial charge in [0.25, 0.3) is 0 Å². The maximum absolute atomic E-state index is 11.9. The Hall–Kier alpha value is -0.320. The van der Waals surface area contributed by atoms with Gasteiger partial charge in [-0.2, -0.15) is 0 Å². The number of halogens is 1. The quantitative estimate of drug-likeness (QED) is 0.636. The molecular formula is C13H24ClNO3. The number of hydrogen-bond donors (Lipinski definition) is 0. The molecule has 1 unspecified atom stereocenters. The van der Waals surface area contributed by atoms with Crippen molar-refractivity contribution in [2.75, 3.05) is 33.9 Å². The van der Waals surface area contributed by atoms with E-state index < -0.39 is 0 Å². The number of amides is 1. The van der Waals surface area contributed by atoms with Crippen molar-refractivity contribution in [3.8, 4) is 0 Å². The highest BCUT2D eigenvalue weighted by Gasteiger charge is 2.31. The van der Waals surface area contributed by atoms with E-state index >= 15 is 0 Å². The van der Waals surface area contributed by atoms with Crippen LogP contribution in [0, 0.1) is 5.92 Å². The SMILES string of the molecule is CCOC1CC(CC(=O)N(C)CC(Cl)COC)C1. The van der Waals surface area contributed by atoms with E-state index in [1.54, 1.807) is 19.1 Å². The second kappa shape index (κ2) is 7.97. The lowest BCUT2D eigenvalue weighted by atomic mass is 9.80. The Kier molecular flexibility index (Phi) is 6.97. The van der Waals surface area contributed by atoms with E-state index in [1.165, 1.54) is 0 Å². The summed E-state index contributed by atoms with van der Waals surface area (Å²) in [5.41, 5.74) is 0. The third-order valence-electron chi connectivity index (χ3n) is 3.30. The van der Waals surface area contributed by atoms with Gasteiger partial charge in [0.1, 0.15) is 0 Å². The summed E-state index contributed by atoms with van der Waals surface area (Å²) >= 11 is 6.03. The number of nitrogens with zero attached hydrogens (tertiary/aromatic N) is 1. The lowest BCUT2D eigenvalue weighted by molar-refractivity contribution is -0.133. The van der Waals surface area contributed by atoms with Crippen molar-refractivity contribution in [2.45, 2.75) is 37.7 Å². The summed E-state index contributed by atoms with van der Waals surface area (Å²) in [6.07, 6.45) is 3.00. The van der Waals surface area contributed by atoms with E-state index in [9.17, 15) is 4.79 Å². The molecule has 1 atom stereocenters. The van der Waals surface area contributed by atoms with Gasteiger partial charge in [0.2, 0.25) is 5.91 Å². The number of carbonyl (C=O) groups excluding carboxylic acids is 1. The highest BCUT2D eigenvalue weighted by molar-refractivity contribution is 6.21. The van der Waals surface area contributed by atoms with Crippen LogP contribution in [0.15, 0.2) is 0 Å². The molecule has 0 aromatic carbocycles. The second-order valence-electron chi connectivity index (χ2n) is 4.95. The largest absolute Gasteiger partial charge is 0.383 e. The molecule has 1 fully saturated rings. The van der Waals surface area contributed by atoms with Gasteiger partial charge in [-0.1, -0.05) is 0 Å². The van der Waals surface area contributed by atoms with Crippen molar-refractivity contribution >= 4 is 17.5 Å². The van der Waals surface area contributed by atoms with E-state index in [2.05, 4.69) is 0 Å². The summed E-state index contributed by atoms with van der Waals surface area (Å²) in [6, 6.07) is 0. The Morgan fingerprint density at radius 1 is 1.50 bits per heavy atom. The zero-order valence-electron chi connectivity index (χ0n) is 11.5. The first-order chi connectivity index (χ1) is 8.56. The number of ether oxygens (including phenoxy) is 2. The number of carbonyl (C=O) groups is 1. The summed E-state index contributed by atoms with van der Waals surface area (Å²) in [4.78, 5) is 13.6. The molecule has 1 saturated carbocycles. The molecule has 5 heteroatoms. The number of hydrogen-bond acceptors (Lipinski definition) is 3. The molecule has 1 amide bonds. The van der Waals surface area contributed by atoms with Gasteiger partial charge in [-0.3, -0.25) is 4.79 Å². The van der Waals surface area contributed by atoms with Gasteiger partial charge >= 0.3 is 0 Å². The molecule has 0 saturated heterocycles. The maximum atomic E-state index is 11.9. The first-order valence-electron chi connectivity index (χ1n) is 6.55. The van der Waals surface area contributed by atoms with Gasteiger partial charge < -0.3 is 14.4 Å². The Morgan fingerprint density at radius 3 is 2.72 bits per heavy atom. The fourth-order valence-electron chi connectivity index (χ4n) is 2.25. The predicted octanol–water partition coefficient (Wildman–Crippen LogP) is 1.90. The summed E-state index contributed by atoms with van der Waals surface area (Å²) < 4.78 is 10.4. The lowest BCUT2D eigenvalue weighted by Crippen LogP contribution is -2.38. The predicted molar refractivity (Wildman–Crippen MR) is 71.9 cm³/mol. The van der Waals surface area contributed by atoms with Crippen molar-refractivity contribution < 1.29 is 14.3 Å². The molecule has 18 heavy (non-hydrogen) atoms. The van der Waals surface area contributed by atoms with Crippen LogP contribution < -0.4 is 0 Å². The summed E-state index contributed by atoms with van der Waals surface area (Å²) in [5, 5.41) is -0.137. The Bertz CT molecular complexity index is 257. The topological polar surface area (TPSA) is 38.8 Å². The normalized spacial score (nSPS) is 24.4. The zero-order valence-corrected chi connectivity index (χ0v) is 12.3. The van der Waals surface area contributed by atoms with E-state index in [0.29, 0.717) is 31.6 Å². The van der Waals surface area contributed by atoms with Crippen LogP contribution in [0.1, 0.15) is 26.2 Å². The average Bonchev–Trinajstić information content (AvgIpc) is 2.26. The summed E-state index contributed by atoms with van der Waals surface area (Å²) in [5.74, 6) is 0.643. The summed E-state index contributed by atoms with van der Waals surface area (Å²) in [7, 11) is 3.41. The molecule has 1 rings (SSSR count). The number of methoxy groups -OCH3 is 1. The van der Waals surface area contributed by atoms with Crippen LogP contribution in [0.5, 0.6) is 0 Å². The smallest absolute Gasteiger partial charge is 0.222 e. The van der Waals surface area contributed by atoms with Crippen LogP contribution in [0.3, 0.4) is 0 Å². The molecule has 0 radical (unpaired) electrons. The van der Waals surface area contributed by atoms with Gasteiger partial charge in [-0.25, -0.2) is 0 Å². The maximum Gasteiger partial charge on any atom is 0.222 e. The van der Waals surface area contributed by atoms with Gasteiger partial charge in [0, 0.05) is 33.7 Å². The number of rotatable bonds is 8. The molecule has 106 valence electrons. The van der Waals surface area contributed by atoms with E-state index in [-0.39, 0.29) is 11.3 Å². The van der Waals surface area contributed by atoms with Crippen molar-refractivity contribution in [3.63, 3.8) is 0 Å². The minimum atomic E-state index is -0.137. The molecule has 4 nitrogen and oxygen atoms in total. The minimum Gasteiger partial charge on any atom is -0.383 e. The van der Waals surface area contributed by atoms with Gasteiger partial charge in [0.05, 0.1) is 18.1 Å². The van der Waals surface area contributed by atoms with Crippen LogP contribution in [0.4, 0.5) is 0 Å². The molecule has 0 bridgehead atoms. The molecule has 0 aromatic rings. The molecule has 0 N–H and O–H groups in total. The third-order valence-corrected chi connectivity index (χ3v) is 3.57. The van der Waals surface area contributed by atoms with Gasteiger partial charge in [-0.15, -0.1) is 11.6 Å². The van der Waals surface area contributed by atoms with E-state index in [1.807, 2.05) is 6.92 Å². The Balaban J connectivity index is 2.17. The number of alkyl halides is 1. The van der Waals surface area contributed by atoms with Crippen LogP contribution in [-0.2, 0) is 14.3 Å². The van der Waals surface area contributed by atoms with Crippen LogP contribution in [-0.4, -0.2) is 56.2 Å². The molecular weight excluding hydrogens is 254 g/mol.